The monoisotopic (exact) mass is 344 g/mol. The molecule has 1 aromatic heterocycles. The minimum Gasteiger partial charge on any atom is -0.356 e. The van der Waals surface area contributed by atoms with Crippen molar-refractivity contribution < 1.29 is 4.79 Å². The van der Waals surface area contributed by atoms with Crippen molar-refractivity contribution in [1.82, 2.24) is 20.2 Å². The van der Waals surface area contributed by atoms with Gasteiger partial charge in [-0.2, -0.15) is 0 Å². The Morgan fingerprint density at radius 2 is 1.76 bits per heavy atom. The maximum atomic E-state index is 12.9. The van der Waals surface area contributed by atoms with E-state index >= 15 is 0 Å². The summed E-state index contributed by atoms with van der Waals surface area (Å²) in [6, 6.07) is 0.322. The molecule has 2 fully saturated rings. The number of carbonyl (C=O) groups is 1. The number of fused-ring (bicyclic) bond motifs is 1. The first-order valence-corrected chi connectivity index (χ1v) is 9.54. The van der Waals surface area contributed by atoms with Gasteiger partial charge in [-0.25, -0.2) is 9.97 Å². The van der Waals surface area contributed by atoms with Gasteiger partial charge in [-0.1, -0.05) is 0 Å². The van der Waals surface area contributed by atoms with Gasteiger partial charge in [0.05, 0.1) is 18.7 Å². The molecule has 0 spiro atoms. The van der Waals surface area contributed by atoms with Crippen LogP contribution < -0.4 is 15.1 Å². The van der Waals surface area contributed by atoms with Gasteiger partial charge in [0.2, 0.25) is 5.91 Å². The van der Waals surface area contributed by atoms with Crippen molar-refractivity contribution >= 4 is 17.5 Å². The number of hydrogen-bond donors (Lipinski definition) is 1. The van der Waals surface area contributed by atoms with Gasteiger partial charge in [-0.3, -0.25) is 4.79 Å². The molecule has 1 N–H and O–H groups in total. The molecule has 0 radical (unpaired) electrons. The zero-order valence-corrected chi connectivity index (χ0v) is 15.1. The standard InChI is InChI=1S/C18H28N6O/c1-22-12-16(25)24(14-5-7-19-8-6-14)11-15-17(22)20-13-21-18(15)23-9-3-2-4-10-23/h13-14,19H,2-12H2,1H3. The quantitative estimate of drug-likeness (QED) is 0.863. The number of amides is 1. The molecule has 7 nitrogen and oxygen atoms in total. The van der Waals surface area contributed by atoms with E-state index < -0.39 is 0 Å². The molecule has 2 saturated heterocycles. The van der Waals surface area contributed by atoms with E-state index in [1.165, 1.54) is 19.3 Å². The smallest absolute Gasteiger partial charge is 0.242 e. The summed E-state index contributed by atoms with van der Waals surface area (Å²) in [6.07, 6.45) is 7.43. The highest BCUT2D eigenvalue weighted by molar-refractivity contribution is 5.84. The van der Waals surface area contributed by atoms with Crippen molar-refractivity contribution in [2.24, 2.45) is 0 Å². The summed E-state index contributed by atoms with van der Waals surface area (Å²) in [7, 11) is 1.97. The molecule has 0 aromatic carbocycles. The molecule has 4 rings (SSSR count). The largest absolute Gasteiger partial charge is 0.356 e. The van der Waals surface area contributed by atoms with Crippen LogP contribution >= 0.6 is 0 Å². The summed E-state index contributed by atoms with van der Waals surface area (Å²) in [4.78, 5) is 28.5. The zero-order valence-electron chi connectivity index (χ0n) is 15.1. The second kappa shape index (κ2) is 7.15. The predicted molar refractivity (Wildman–Crippen MR) is 97.8 cm³/mol. The lowest BCUT2D eigenvalue weighted by atomic mass is 10.0. The maximum absolute atomic E-state index is 12.9. The van der Waals surface area contributed by atoms with Crippen LogP contribution in [0.1, 0.15) is 37.7 Å². The molecule has 3 aliphatic rings. The van der Waals surface area contributed by atoms with Gasteiger partial charge in [-0.05, 0) is 45.2 Å². The highest BCUT2D eigenvalue weighted by Crippen LogP contribution is 2.32. The number of anilines is 2. The summed E-state index contributed by atoms with van der Waals surface area (Å²) in [6.45, 7) is 5.11. The number of hydrogen-bond acceptors (Lipinski definition) is 6. The lowest BCUT2D eigenvalue weighted by Gasteiger charge is -2.35. The van der Waals surface area contributed by atoms with Gasteiger partial charge < -0.3 is 20.0 Å². The van der Waals surface area contributed by atoms with Gasteiger partial charge in [0, 0.05) is 26.2 Å². The topological polar surface area (TPSA) is 64.6 Å². The molecule has 0 bridgehead atoms. The van der Waals surface area contributed by atoms with E-state index in [-0.39, 0.29) is 5.91 Å². The Hall–Kier alpha value is -1.89. The third kappa shape index (κ3) is 3.29. The van der Waals surface area contributed by atoms with Crippen molar-refractivity contribution in [3.63, 3.8) is 0 Å². The van der Waals surface area contributed by atoms with Gasteiger partial charge >= 0.3 is 0 Å². The fourth-order valence-electron chi connectivity index (χ4n) is 4.32. The number of carbonyl (C=O) groups excluding carboxylic acids is 1. The lowest BCUT2D eigenvalue weighted by Crippen LogP contribution is -2.47. The van der Waals surface area contributed by atoms with Crippen LogP contribution in [0.4, 0.5) is 11.6 Å². The summed E-state index contributed by atoms with van der Waals surface area (Å²) in [5, 5.41) is 3.39. The normalized spacial score (nSPS) is 22.8. The average molecular weight is 344 g/mol. The Bertz CT molecular complexity index is 624. The molecular formula is C18H28N6O. The van der Waals surface area contributed by atoms with Crippen LogP contribution in [0, 0.1) is 0 Å². The average Bonchev–Trinajstić information content (AvgIpc) is 2.79. The van der Waals surface area contributed by atoms with Gasteiger partial charge in [0.25, 0.3) is 0 Å². The van der Waals surface area contributed by atoms with Crippen LogP contribution in [-0.2, 0) is 11.3 Å². The number of rotatable bonds is 2. The predicted octanol–water partition coefficient (Wildman–Crippen LogP) is 0.997. The molecule has 1 amide bonds. The number of nitrogens with one attached hydrogen (secondary N) is 1. The molecule has 0 unspecified atom stereocenters. The molecule has 0 aliphatic carbocycles. The highest BCUT2D eigenvalue weighted by Gasteiger charge is 2.33. The van der Waals surface area contributed by atoms with Crippen molar-refractivity contribution in [2.75, 3.05) is 49.6 Å². The number of nitrogens with zero attached hydrogens (tertiary/aromatic N) is 5. The number of aromatic nitrogens is 2. The van der Waals surface area contributed by atoms with Crippen LogP contribution in [0.5, 0.6) is 0 Å². The Balaban J connectivity index is 1.68. The summed E-state index contributed by atoms with van der Waals surface area (Å²) < 4.78 is 0. The Morgan fingerprint density at radius 1 is 1.04 bits per heavy atom. The molecular weight excluding hydrogens is 316 g/mol. The van der Waals surface area contributed by atoms with E-state index in [4.69, 9.17) is 0 Å². The van der Waals surface area contributed by atoms with Crippen LogP contribution in [-0.4, -0.2) is 66.6 Å². The highest BCUT2D eigenvalue weighted by atomic mass is 16.2. The van der Waals surface area contributed by atoms with E-state index in [2.05, 4.69) is 25.1 Å². The molecule has 4 heterocycles. The number of likely N-dealkylation sites (N-methyl/N-ethyl adjacent to an activating group) is 1. The first kappa shape index (κ1) is 16.6. The first-order valence-electron chi connectivity index (χ1n) is 9.54. The van der Waals surface area contributed by atoms with Crippen LogP contribution in [0.3, 0.4) is 0 Å². The fourth-order valence-corrected chi connectivity index (χ4v) is 4.32. The van der Waals surface area contributed by atoms with Crippen molar-refractivity contribution in [3.05, 3.63) is 11.9 Å². The van der Waals surface area contributed by atoms with E-state index in [0.29, 0.717) is 19.1 Å². The van der Waals surface area contributed by atoms with Crippen molar-refractivity contribution in [3.8, 4) is 0 Å². The van der Waals surface area contributed by atoms with Crippen molar-refractivity contribution in [2.45, 2.75) is 44.7 Å². The Morgan fingerprint density at radius 3 is 2.52 bits per heavy atom. The molecule has 0 saturated carbocycles. The summed E-state index contributed by atoms with van der Waals surface area (Å²) >= 11 is 0. The van der Waals surface area contributed by atoms with E-state index in [0.717, 1.165) is 56.2 Å². The molecule has 25 heavy (non-hydrogen) atoms. The third-order valence-corrected chi connectivity index (χ3v) is 5.69. The third-order valence-electron chi connectivity index (χ3n) is 5.69. The van der Waals surface area contributed by atoms with E-state index in [1.807, 2.05) is 11.9 Å². The molecule has 7 heteroatoms. The minimum atomic E-state index is 0.206. The summed E-state index contributed by atoms with van der Waals surface area (Å²) in [5.41, 5.74) is 1.12. The van der Waals surface area contributed by atoms with Crippen molar-refractivity contribution in [1.29, 1.82) is 0 Å². The zero-order chi connectivity index (χ0) is 17.2. The second-order valence-corrected chi connectivity index (χ2v) is 7.41. The lowest BCUT2D eigenvalue weighted by molar-refractivity contribution is -0.133. The summed E-state index contributed by atoms with van der Waals surface area (Å²) in [5.74, 6) is 2.16. The van der Waals surface area contributed by atoms with Crippen LogP contribution in [0.25, 0.3) is 0 Å². The molecule has 0 atom stereocenters. The van der Waals surface area contributed by atoms with Gasteiger partial charge in [-0.15, -0.1) is 0 Å². The second-order valence-electron chi connectivity index (χ2n) is 7.41. The first-order chi connectivity index (χ1) is 12.2. The maximum Gasteiger partial charge on any atom is 0.242 e. The Kier molecular flexibility index (Phi) is 4.74. The van der Waals surface area contributed by atoms with Gasteiger partial charge in [0.1, 0.15) is 18.0 Å². The van der Waals surface area contributed by atoms with E-state index in [9.17, 15) is 4.79 Å². The minimum absolute atomic E-state index is 0.206. The van der Waals surface area contributed by atoms with Crippen LogP contribution in [0.15, 0.2) is 6.33 Å². The van der Waals surface area contributed by atoms with Gasteiger partial charge in [0.15, 0.2) is 0 Å². The molecule has 1 aromatic rings. The molecule has 136 valence electrons. The fraction of sp³-hybridized carbons (Fsp3) is 0.722. The van der Waals surface area contributed by atoms with Crippen LogP contribution in [0.2, 0.25) is 0 Å². The molecule has 3 aliphatic heterocycles. The SMILES string of the molecule is CN1CC(=O)N(C2CCNCC2)Cc2c1ncnc2N1CCCCC1. The van der Waals surface area contributed by atoms with E-state index in [1.54, 1.807) is 6.33 Å². The Labute approximate surface area is 149 Å². The number of piperidine rings is 2.